The van der Waals surface area contributed by atoms with Crippen LogP contribution >= 0.6 is 0 Å². The molecule has 2 atom stereocenters. The molecule has 2 aromatic carbocycles. The number of alkyl halides is 5. The molecule has 1 saturated heterocycles. The quantitative estimate of drug-likeness (QED) is 0.309. The predicted molar refractivity (Wildman–Crippen MR) is 139 cm³/mol. The minimum Gasteiger partial charge on any atom is -0.469 e. The fourth-order valence-corrected chi connectivity index (χ4v) is 6.29. The molecule has 17 heteroatoms. The summed E-state index contributed by atoms with van der Waals surface area (Å²) in [4.78, 5) is 28.6. The van der Waals surface area contributed by atoms with E-state index in [0.29, 0.717) is 6.42 Å². The van der Waals surface area contributed by atoms with Crippen molar-refractivity contribution >= 4 is 32.9 Å². The number of fused-ring (bicyclic) bond motifs is 2. The van der Waals surface area contributed by atoms with Gasteiger partial charge < -0.3 is 24.1 Å². The van der Waals surface area contributed by atoms with E-state index in [1.165, 1.54) is 37.4 Å². The van der Waals surface area contributed by atoms with Gasteiger partial charge in [-0.15, -0.1) is 8.78 Å². The van der Waals surface area contributed by atoms with Gasteiger partial charge >= 0.3 is 18.4 Å². The lowest BCUT2D eigenvalue weighted by atomic mass is 9.92. The van der Waals surface area contributed by atoms with Gasteiger partial charge in [-0.1, -0.05) is 12.1 Å². The molecular weight excluding hydrogens is 607 g/mol. The van der Waals surface area contributed by atoms with Gasteiger partial charge in [-0.05, 0) is 43.0 Å². The lowest BCUT2D eigenvalue weighted by molar-refractivity contribution is -0.287. The second-order valence-corrected chi connectivity index (χ2v) is 12.1. The minimum atomic E-state index is -4.95. The second-order valence-electron chi connectivity index (χ2n) is 10.2. The molecule has 1 fully saturated rings. The number of rotatable bonds is 7. The molecule has 2 unspecified atom stereocenters. The van der Waals surface area contributed by atoms with Crippen molar-refractivity contribution in [1.29, 1.82) is 0 Å². The van der Waals surface area contributed by atoms with Crippen LogP contribution in [0.5, 0.6) is 11.5 Å². The van der Waals surface area contributed by atoms with Gasteiger partial charge in [-0.2, -0.15) is 17.5 Å². The third-order valence-electron chi connectivity index (χ3n) is 7.17. The van der Waals surface area contributed by atoms with E-state index >= 15 is 0 Å². The van der Waals surface area contributed by atoms with Crippen LogP contribution in [0.3, 0.4) is 0 Å². The first-order valence-corrected chi connectivity index (χ1v) is 14.7. The Kier molecular flexibility index (Phi) is 7.75. The Hall–Kier alpha value is -3.99. The third kappa shape index (κ3) is 6.36. The molecule has 0 radical (unpaired) electrons. The summed E-state index contributed by atoms with van der Waals surface area (Å²) in [6.07, 6.45) is -8.49. The summed E-state index contributed by atoms with van der Waals surface area (Å²) in [6.45, 7) is -0.528. The van der Waals surface area contributed by atoms with Crippen LogP contribution in [0.4, 0.5) is 22.0 Å². The summed E-state index contributed by atoms with van der Waals surface area (Å²) in [5.41, 5.74) is -0.407. The maximum absolute atomic E-state index is 14.0. The topological polar surface area (TPSA) is 129 Å². The van der Waals surface area contributed by atoms with E-state index < -0.39 is 58.7 Å². The molecule has 43 heavy (non-hydrogen) atoms. The van der Waals surface area contributed by atoms with E-state index in [1.54, 1.807) is 0 Å². The highest BCUT2D eigenvalue weighted by atomic mass is 32.2. The molecule has 1 amide bonds. The number of esters is 1. The van der Waals surface area contributed by atoms with E-state index in [1.807, 2.05) is 0 Å². The standard InChI is InChI=1S/C26H25F5N4O7S/c1-40-21(36)11-14-8-9-35(43(2,38)39)20(10-14)33-23(37)15-6-7-18-17(12-15)32-24(25(27,28)29)34(18)13-16-4-3-5-19-22(16)42-26(30,31)41-19/h3-7,12,14,20H,8-11,13H2,1-2H3,(H,33,37). The highest BCUT2D eigenvalue weighted by molar-refractivity contribution is 7.88. The Labute approximate surface area is 241 Å². The molecule has 2 aliphatic heterocycles. The Morgan fingerprint density at radius 3 is 2.60 bits per heavy atom. The van der Waals surface area contributed by atoms with Crippen LogP contribution in [0.25, 0.3) is 11.0 Å². The number of sulfonamides is 1. The van der Waals surface area contributed by atoms with E-state index in [9.17, 15) is 40.0 Å². The number of para-hydroxylation sites is 1. The molecule has 2 aliphatic rings. The number of methoxy groups -OCH3 is 1. The van der Waals surface area contributed by atoms with E-state index in [4.69, 9.17) is 0 Å². The minimum absolute atomic E-state index is 0.0174. The number of ether oxygens (including phenoxy) is 3. The van der Waals surface area contributed by atoms with Crippen molar-refractivity contribution in [1.82, 2.24) is 19.2 Å². The highest BCUT2D eigenvalue weighted by Gasteiger charge is 2.45. The molecule has 5 rings (SSSR count). The number of carbonyl (C=O) groups excluding carboxylic acids is 2. The van der Waals surface area contributed by atoms with Crippen molar-refractivity contribution in [2.45, 2.75) is 44.4 Å². The SMILES string of the molecule is COC(=O)CC1CCN(S(C)(=O)=O)C(NC(=O)c2ccc3c(c2)nc(C(F)(F)F)n3Cc2cccc3c2OC(F)(F)O3)C1. The number of nitrogens with one attached hydrogen (secondary N) is 1. The number of hydrogen-bond donors (Lipinski definition) is 1. The van der Waals surface area contributed by atoms with Crippen LogP contribution < -0.4 is 14.8 Å². The molecule has 232 valence electrons. The molecular formula is C26H25F5N4O7S. The van der Waals surface area contributed by atoms with Crippen LogP contribution in [0.1, 0.15) is 41.0 Å². The maximum Gasteiger partial charge on any atom is 0.586 e. The number of benzene rings is 2. The van der Waals surface area contributed by atoms with Crippen molar-refractivity contribution in [3.05, 3.63) is 53.3 Å². The van der Waals surface area contributed by atoms with Crippen LogP contribution in [0.2, 0.25) is 0 Å². The lowest BCUT2D eigenvalue weighted by Crippen LogP contribution is -2.54. The fourth-order valence-electron chi connectivity index (χ4n) is 5.25. The summed E-state index contributed by atoms with van der Waals surface area (Å²) >= 11 is 0. The number of aromatic nitrogens is 2. The van der Waals surface area contributed by atoms with Crippen molar-refractivity contribution < 1.29 is 54.2 Å². The van der Waals surface area contributed by atoms with Crippen molar-refractivity contribution in [3.63, 3.8) is 0 Å². The molecule has 0 spiro atoms. The number of halogens is 5. The number of hydrogen-bond acceptors (Lipinski definition) is 8. The highest BCUT2D eigenvalue weighted by Crippen LogP contribution is 2.44. The zero-order valence-electron chi connectivity index (χ0n) is 22.7. The average molecular weight is 633 g/mol. The van der Waals surface area contributed by atoms with Gasteiger partial charge in [0.25, 0.3) is 5.91 Å². The molecule has 0 bridgehead atoms. The van der Waals surface area contributed by atoms with E-state index in [2.05, 4.69) is 24.5 Å². The van der Waals surface area contributed by atoms with Crippen LogP contribution in [-0.4, -0.2) is 66.5 Å². The summed E-state index contributed by atoms with van der Waals surface area (Å²) in [7, 11) is -2.54. The van der Waals surface area contributed by atoms with Crippen molar-refractivity contribution in [2.75, 3.05) is 19.9 Å². The summed E-state index contributed by atoms with van der Waals surface area (Å²) in [5.74, 6) is -3.64. The van der Waals surface area contributed by atoms with Gasteiger partial charge in [0.2, 0.25) is 15.8 Å². The third-order valence-corrected chi connectivity index (χ3v) is 8.46. The van der Waals surface area contributed by atoms with Gasteiger partial charge in [0.15, 0.2) is 11.5 Å². The lowest BCUT2D eigenvalue weighted by Gasteiger charge is -2.37. The molecule has 0 saturated carbocycles. The van der Waals surface area contributed by atoms with E-state index in [0.717, 1.165) is 21.2 Å². The molecule has 11 nitrogen and oxygen atoms in total. The van der Waals surface area contributed by atoms with Gasteiger partial charge in [0.1, 0.15) is 0 Å². The molecule has 1 N–H and O–H groups in total. The van der Waals surface area contributed by atoms with Crippen molar-refractivity contribution in [3.8, 4) is 11.5 Å². The fraction of sp³-hybridized carbons (Fsp3) is 0.423. The molecule has 1 aromatic heterocycles. The van der Waals surface area contributed by atoms with Gasteiger partial charge in [-0.3, -0.25) is 9.59 Å². The number of nitrogens with zero attached hydrogens (tertiary/aromatic N) is 3. The number of amides is 1. The maximum atomic E-state index is 14.0. The molecule has 3 heterocycles. The average Bonchev–Trinajstić information content (AvgIpc) is 3.44. The first-order valence-electron chi connectivity index (χ1n) is 12.9. The van der Waals surface area contributed by atoms with Crippen LogP contribution in [0, 0.1) is 5.92 Å². The first kappa shape index (κ1) is 30.5. The van der Waals surface area contributed by atoms with Gasteiger partial charge in [-0.25, -0.2) is 13.4 Å². The van der Waals surface area contributed by atoms with Crippen molar-refractivity contribution in [2.24, 2.45) is 5.92 Å². The molecule has 3 aromatic rings. The Morgan fingerprint density at radius 2 is 1.93 bits per heavy atom. The Balaban J connectivity index is 1.45. The predicted octanol–water partition coefficient (Wildman–Crippen LogP) is 3.72. The normalized spacial score (nSPS) is 20.3. The smallest absolute Gasteiger partial charge is 0.469 e. The van der Waals surface area contributed by atoms with E-state index in [-0.39, 0.29) is 53.2 Å². The number of carbonyl (C=O) groups is 2. The summed E-state index contributed by atoms with van der Waals surface area (Å²) < 4.78 is 110. The van der Waals surface area contributed by atoms with Gasteiger partial charge in [0, 0.05) is 24.1 Å². The zero-order chi connectivity index (χ0) is 31.3. The first-order chi connectivity index (χ1) is 20.1. The number of imidazole rings is 1. The Morgan fingerprint density at radius 1 is 1.19 bits per heavy atom. The second kappa shape index (κ2) is 10.9. The van der Waals surface area contributed by atoms with Crippen LogP contribution in [-0.2, 0) is 32.3 Å². The summed E-state index contributed by atoms with van der Waals surface area (Å²) in [5, 5.41) is 2.60. The monoisotopic (exact) mass is 632 g/mol. The van der Waals surface area contributed by atoms with Gasteiger partial charge in [0.05, 0.1) is 37.1 Å². The Bertz CT molecular complexity index is 1690. The summed E-state index contributed by atoms with van der Waals surface area (Å²) in [6, 6.07) is 7.39. The molecule has 0 aliphatic carbocycles. The zero-order valence-corrected chi connectivity index (χ0v) is 23.5. The largest absolute Gasteiger partial charge is 0.586 e. The van der Waals surface area contributed by atoms with Crippen LogP contribution in [0.15, 0.2) is 36.4 Å². The number of piperidine rings is 1.